The summed E-state index contributed by atoms with van der Waals surface area (Å²) in [5.41, 5.74) is 2.28. The Kier molecular flexibility index (Phi) is 4.51. The molecule has 0 aliphatic rings. The molecule has 122 valence electrons. The first kappa shape index (κ1) is 15.7. The van der Waals surface area contributed by atoms with Crippen LogP contribution in [0, 0.1) is 0 Å². The lowest BCUT2D eigenvalue weighted by Gasteiger charge is -2.17. The largest absolute Gasteiger partial charge is 0.496 e. The molecule has 1 unspecified atom stereocenters. The number of aromatic nitrogens is 4. The van der Waals surface area contributed by atoms with Crippen LogP contribution in [0.25, 0.3) is 5.69 Å². The summed E-state index contributed by atoms with van der Waals surface area (Å²) in [6, 6.07) is 14.5. The summed E-state index contributed by atoms with van der Waals surface area (Å²) in [5, 5.41) is 14.0. The van der Waals surface area contributed by atoms with Crippen molar-refractivity contribution in [2.24, 2.45) is 0 Å². The van der Waals surface area contributed by atoms with Crippen molar-refractivity contribution < 1.29 is 9.53 Å². The number of benzene rings is 2. The van der Waals surface area contributed by atoms with Crippen molar-refractivity contribution in [3.05, 3.63) is 66.0 Å². The highest BCUT2D eigenvalue weighted by Gasteiger charge is 2.14. The summed E-state index contributed by atoms with van der Waals surface area (Å²) in [5.74, 6) is 0.594. The first-order valence-electron chi connectivity index (χ1n) is 7.46. The van der Waals surface area contributed by atoms with Crippen LogP contribution >= 0.6 is 0 Å². The number of hydrogen-bond donors (Lipinski definition) is 1. The van der Waals surface area contributed by atoms with E-state index in [1.807, 2.05) is 31.2 Å². The van der Waals surface area contributed by atoms with Gasteiger partial charge in [0.1, 0.15) is 12.1 Å². The van der Waals surface area contributed by atoms with Crippen LogP contribution in [0.4, 0.5) is 0 Å². The van der Waals surface area contributed by atoms with Crippen molar-refractivity contribution in [1.29, 1.82) is 0 Å². The average Bonchev–Trinajstić information content (AvgIpc) is 3.16. The molecule has 1 N–H and O–H groups in total. The lowest BCUT2D eigenvalue weighted by Crippen LogP contribution is -2.26. The van der Waals surface area contributed by atoms with Crippen LogP contribution in [0.1, 0.15) is 28.9 Å². The molecule has 0 radical (unpaired) electrons. The number of para-hydroxylation sites is 1. The molecule has 7 heteroatoms. The minimum absolute atomic E-state index is 0.156. The van der Waals surface area contributed by atoms with Crippen LogP contribution in [-0.4, -0.2) is 33.2 Å². The number of carbonyl (C=O) groups excluding carboxylic acids is 1. The summed E-state index contributed by atoms with van der Waals surface area (Å²) in [4.78, 5) is 12.4. The van der Waals surface area contributed by atoms with E-state index in [2.05, 4.69) is 20.8 Å². The summed E-state index contributed by atoms with van der Waals surface area (Å²) in [6.45, 7) is 1.92. The maximum atomic E-state index is 12.4. The monoisotopic (exact) mass is 323 g/mol. The standard InChI is InChI=1S/C17H17N5O2/c1-12(15-5-3-4-6-16(15)24-2)19-17(23)13-7-9-14(10-8-13)22-11-18-20-21-22/h3-12H,1-2H3,(H,19,23). The highest BCUT2D eigenvalue weighted by molar-refractivity contribution is 5.94. The molecular formula is C17H17N5O2. The zero-order chi connectivity index (χ0) is 16.9. The van der Waals surface area contributed by atoms with Gasteiger partial charge in [0.15, 0.2) is 0 Å². The van der Waals surface area contributed by atoms with Crippen molar-refractivity contribution >= 4 is 5.91 Å². The molecule has 0 saturated carbocycles. The second kappa shape index (κ2) is 6.91. The topological polar surface area (TPSA) is 81.9 Å². The van der Waals surface area contributed by atoms with Crippen molar-refractivity contribution in [3.63, 3.8) is 0 Å². The quantitative estimate of drug-likeness (QED) is 0.778. The van der Waals surface area contributed by atoms with Crippen LogP contribution in [0.2, 0.25) is 0 Å². The van der Waals surface area contributed by atoms with E-state index in [4.69, 9.17) is 4.74 Å². The van der Waals surface area contributed by atoms with Crippen LogP contribution in [0.15, 0.2) is 54.9 Å². The van der Waals surface area contributed by atoms with Gasteiger partial charge in [0, 0.05) is 11.1 Å². The van der Waals surface area contributed by atoms with Gasteiger partial charge in [-0.25, -0.2) is 4.68 Å². The molecule has 7 nitrogen and oxygen atoms in total. The first-order chi connectivity index (χ1) is 11.7. The van der Waals surface area contributed by atoms with Crippen LogP contribution in [0.3, 0.4) is 0 Å². The number of nitrogens with one attached hydrogen (secondary N) is 1. The Morgan fingerprint density at radius 1 is 1.17 bits per heavy atom. The van der Waals surface area contributed by atoms with Crippen molar-refractivity contribution in [2.75, 3.05) is 7.11 Å². The second-order valence-corrected chi connectivity index (χ2v) is 5.24. The highest BCUT2D eigenvalue weighted by atomic mass is 16.5. The Morgan fingerprint density at radius 3 is 2.58 bits per heavy atom. The molecule has 0 bridgehead atoms. The number of carbonyl (C=O) groups is 1. The molecule has 1 heterocycles. The Morgan fingerprint density at radius 2 is 1.92 bits per heavy atom. The van der Waals surface area contributed by atoms with Crippen molar-refractivity contribution in [2.45, 2.75) is 13.0 Å². The fourth-order valence-electron chi connectivity index (χ4n) is 2.43. The molecule has 0 saturated heterocycles. The van der Waals surface area contributed by atoms with Gasteiger partial charge < -0.3 is 10.1 Å². The minimum Gasteiger partial charge on any atom is -0.496 e. The fourth-order valence-corrected chi connectivity index (χ4v) is 2.43. The van der Waals surface area contributed by atoms with E-state index in [9.17, 15) is 4.79 Å². The molecule has 0 aliphatic carbocycles. The van der Waals surface area contributed by atoms with Gasteiger partial charge in [-0.3, -0.25) is 4.79 Å². The minimum atomic E-state index is -0.173. The predicted molar refractivity (Wildman–Crippen MR) is 88.0 cm³/mol. The van der Waals surface area contributed by atoms with Crippen LogP contribution < -0.4 is 10.1 Å². The van der Waals surface area contributed by atoms with Gasteiger partial charge in [0.05, 0.1) is 18.8 Å². The van der Waals surface area contributed by atoms with Gasteiger partial charge in [-0.05, 0) is 47.7 Å². The fraction of sp³-hybridized carbons (Fsp3) is 0.176. The smallest absolute Gasteiger partial charge is 0.251 e. The average molecular weight is 323 g/mol. The summed E-state index contributed by atoms with van der Waals surface area (Å²) in [6.07, 6.45) is 1.50. The molecule has 24 heavy (non-hydrogen) atoms. The number of tetrazole rings is 1. The molecule has 1 aromatic heterocycles. The Balaban J connectivity index is 1.72. The van der Waals surface area contributed by atoms with Crippen LogP contribution in [0.5, 0.6) is 5.75 Å². The van der Waals surface area contributed by atoms with Gasteiger partial charge in [-0.1, -0.05) is 18.2 Å². The Bertz CT molecular complexity index is 815. The van der Waals surface area contributed by atoms with Gasteiger partial charge in [0.25, 0.3) is 5.91 Å². The van der Waals surface area contributed by atoms with E-state index >= 15 is 0 Å². The third kappa shape index (κ3) is 3.24. The number of ether oxygens (including phenoxy) is 1. The van der Waals surface area contributed by atoms with E-state index in [1.165, 1.54) is 11.0 Å². The maximum absolute atomic E-state index is 12.4. The number of methoxy groups -OCH3 is 1. The molecule has 0 aliphatic heterocycles. The van der Waals surface area contributed by atoms with Gasteiger partial charge in [-0.2, -0.15) is 0 Å². The van der Waals surface area contributed by atoms with E-state index in [-0.39, 0.29) is 11.9 Å². The third-order valence-corrected chi connectivity index (χ3v) is 3.70. The molecule has 0 fully saturated rings. The summed E-state index contributed by atoms with van der Waals surface area (Å²) < 4.78 is 6.86. The third-order valence-electron chi connectivity index (χ3n) is 3.70. The zero-order valence-electron chi connectivity index (χ0n) is 13.4. The normalized spacial score (nSPS) is 11.8. The number of rotatable bonds is 5. The van der Waals surface area contributed by atoms with E-state index in [1.54, 1.807) is 31.4 Å². The zero-order valence-corrected chi connectivity index (χ0v) is 13.4. The predicted octanol–water partition coefficient (Wildman–Crippen LogP) is 2.16. The van der Waals surface area contributed by atoms with Crippen molar-refractivity contribution in [1.82, 2.24) is 25.5 Å². The molecule has 0 spiro atoms. The molecular weight excluding hydrogens is 306 g/mol. The van der Waals surface area contributed by atoms with Crippen LogP contribution in [-0.2, 0) is 0 Å². The molecule has 1 amide bonds. The molecule has 1 atom stereocenters. The van der Waals surface area contributed by atoms with Gasteiger partial charge in [-0.15, -0.1) is 5.10 Å². The van der Waals surface area contributed by atoms with E-state index < -0.39 is 0 Å². The SMILES string of the molecule is COc1ccccc1C(C)NC(=O)c1ccc(-n2cnnn2)cc1. The van der Waals surface area contributed by atoms with E-state index in [0.717, 1.165) is 17.0 Å². The first-order valence-corrected chi connectivity index (χ1v) is 7.46. The maximum Gasteiger partial charge on any atom is 0.251 e. The Hall–Kier alpha value is -3.22. The second-order valence-electron chi connectivity index (χ2n) is 5.24. The summed E-state index contributed by atoms with van der Waals surface area (Å²) in [7, 11) is 1.62. The van der Waals surface area contributed by atoms with Gasteiger partial charge >= 0.3 is 0 Å². The number of nitrogens with zero attached hydrogens (tertiary/aromatic N) is 4. The summed E-state index contributed by atoms with van der Waals surface area (Å²) >= 11 is 0. The Labute approximate surface area is 139 Å². The molecule has 3 rings (SSSR count). The van der Waals surface area contributed by atoms with Crippen molar-refractivity contribution in [3.8, 4) is 11.4 Å². The highest BCUT2D eigenvalue weighted by Crippen LogP contribution is 2.24. The molecule has 3 aromatic rings. The lowest BCUT2D eigenvalue weighted by molar-refractivity contribution is 0.0939. The number of amides is 1. The lowest BCUT2D eigenvalue weighted by atomic mass is 10.1. The van der Waals surface area contributed by atoms with E-state index in [0.29, 0.717) is 5.56 Å². The van der Waals surface area contributed by atoms with Gasteiger partial charge in [0.2, 0.25) is 0 Å². The number of hydrogen-bond acceptors (Lipinski definition) is 5. The molecule has 2 aromatic carbocycles.